The Bertz CT molecular complexity index is 1470. The zero-order valence-electron chi connectivity index (χ0n) is 26.9. The van der Waals surface area contributed by atoms with Crippen LogP contribution in [0.25, 0.3) is 0 Å². The van der Waals surface area contributed by atoms with E-state index in [0.717, 1.165) is 5.04 Å². The summed E-state index contributed by atoms with van der Waals surface area (Å²) in [6.07, 6.45) is 1.89. The molecule has 16 heteroatoms. The summed E-state index contributed by atoms with van der Waals surface area (Å²) in [5.41, 5.74) is 5.06. The number of rotatable bonds is 6. The summed E-state index contributed by atoms with van der Waals surface area (Å²) in [6, 6.07) is -0.934. The quantitative estimate of drug-likeness (QED) is 0.133. The first-order valence-corrected chi connectivity index (χ1v) is 16.4. The molecule has 5 aliphatic heterocycles. The molecule has 5 rings (SSSR count). The van der Waals surface area contributed by atoms with Gasteiger partial charge in [0.1, 0.15) is 5.37 Å². The molecule has 3 amide bonds. The number of thioether (sulfide) groups is 3. The molecule has 0 spiro atoms. The average molecular weight is 680 g/mol. The summed E-state index contributed by atoms with van der Waals surface area (Å²) >= 11 is 4.46. The molecule has 7 atom stereocenters. The summed E-state index contributed by atoms with van der Waals surface area (Å²) in [4.78, 5) is 78.0. The number of carbonyl (C=O) groups excluding carboxylic acids is 6. The van der Waals surface area contributed by atoms with Crippen LogP contribution in [0.1, 0.15) is 22.2 Å². The summed E-state index contributed by atoms with van der Waals surface area (Å²) in [5.74, 6) is -1.95. The lowest BCUT2D eigenvalue weighted by Gasteiger charge is -2.44. The number of amides is 3. The molecule has 45 heavy (non-hydrogen) atoms. The first kappa shape index (κ1) is 35.8. The molecule has 0 aromatic heterocycles. The van der Waals surface area contributed by atoms with E-state index in [9.17, 15) is 28.8 Å². The van der Waals surface area contributed by atoms with Gasteiger partial charge in [-0.05, 0) is 13.2 Å². The minimum Gasteiger partial charge on any atom is -0.467 e. The zero-order valence-corrected chi connectivity index (χ0v) is 28.3. The number of methoxy groups -OCH3 is 3. The SMILES string of the molecule is C=C1SC2C(C)C(=O)N2C1C(=O)OC.C=C=C(C(=O)OC)N1C(=O)C(C)C1SC.C=C=C(C(=O)OC)N1C(=O)C2N=C(C)SC21.[H+]. The molecule has 0 aromatic rings. The molecule has 13 nitrogen and oxygen atoms in total. The van der Waals surface area contributed by atoms with Gasteiger partial charge in [0.25, 0.3) is 5.91 Å². The van der Waals surface area contributed by atoms with Crippen molar-refractivity contribution in [2.45, 2.75) is 49.0 Å². The maximum Gasteiger partial charge on any atom is 1.00 e. The van der Waals surface area contributed by atoms with Crippen LogP contribution in [0.3, 0.4) is 0 Å². The van der Waals surface area contributed by atoms with Crippen molar-refractivity contribution in [2.75, 3.05) is 27.6 Å². The predicted octanol–water partition coefficient (Wildman–Crippen LogP) is 2.23. The van der Waals surface area contributed by atoms with Crippen LogP contribution < -0.4 is 0 Å². The lowest BCUT2D eigenvalue weighted by atomic mass is 9.98. The number of esters is 3. The largest absolute Gasteiger partial charge is 1.00 e. The van der Waals surface area contributed by atoms with Gasteiger partial charge >= 0.3 is 19.3 Å². The Balaban J connectivity index is 0.000000238. The van der Waals surface area contributed by atoms with Crippen molar-refractivity contribution in [2.24, 2.45) is 16.8 Å². The molecular formula is C29H35N4O9S3+. The number of hydrogen-bond donors (Lipinski definition) is 0. The second kappa shape index (κ2) is 14.6. The molecule has 0 bridgehead atoms. The summed E-state index contributed by atoms with van der Waals surface area (Å²) in [6.45, 7) is 16.1. The van der Waals surface area contributed by atoms with Gasteiger partial charge in [0, 0.05) is 4.91 Å². The van der Waals surface area contributed by atoms with Crippen molar-refractivity contribution in [3.05, 3.63) is 47.5 Å². The van der Waals surface area contributed by atoms with Gasteiger partial charge in [-0.15, -0.1) is 23.5 Å². The van der Waals surface area contributed by atoms with Crippen LogP contribution in [0.5, 0.6) is 0 Å². The standard InChI is InChI=1S/C10H10N2O3S.C10H13NO3S.C9H11NO3S/c1-4-6(10(14)15-3)12-8(13)7-9(12)16-5(2)11-7;1-5-7(10(13)14-3)11-8(12)6(2)9(11)15-4;1-4-7(11)10-6(9(12)13-3)5(2)14-8(4)10/h7,9H,1H2,2-3H3;6,9H,1H2,2-4H3;4,6,8H,2H2,1,3H3/p+1. The highest BCUT2D eigenvalue weighted by atomic mass is 32.2. The number of ether oxygens (including phenoxy) is 3. The fourth-order valence-corrected chi connectivity index (χ4v) is 8.39. The van der Waals surface area contributed by atoms with Crippen LogP contribution in [-0.4, -0.2) is 111 Å². The number of nitrogens with zero attached hydrogens (tertiary/aromatic N) is 4. The average Bonchev–Trinajstić information content (AvgIpc) is 3.56. The van der Waals surface area contributed by atoms with Crippen LogP contribution in [0.4, 0.5) is 0 Å². The van der Waals surface area contributed by atoms with Gasteiger partial charge in [-0.3, -0.25) is 29.2 Å². The van der Waals surface area contributed by atoms with E-state index in [1.807, 2.05) is 27.0 Å². The lowest BCUT2D eigenvalue weighted by Crippen LogP contribution is -2.60. The third-order valence-corrected chi connectivity index (χ3v) is 11.0. The fraction of sp³-hybridized carbons (Fsp3) is 0.483. The maximum atomic E-state index is 11.7. The Labute approximate surface area is 275 Å². The minimum absolute atomic E-state index is 0. The third kappa shape index (κ3) is 6.38. The normalized spacial score (nSPS) is 28.5. The maximum absolute atomic E-state index is 11.7. The predicted molar refractivity (Wildman–Crippen MR) is 171 cm³/mol. The van der Waals surface area contributed by atoms with Gasteiger partial charge in [0.15, 0.2) is 23.5 Å². The zero-order chi connectivity index (χ0) is 33.9. The number of aliphatic imine (C=N–C) groups is 1. The molecule has 0 saturated carbocycles. The van der Waals surface area contributed by atoms with Crippen LogP contribution >= 0.6 is 35.3 Å². The second-order valence-electron chi connectivity index (χ2n) is 9.90. The molecule has 0 aliphatic carbocycles. The molecular weight excluding hydrogens is 645 g/mol. The molecule has 5 heterocycles. The summed E-state index contributed by atoms with van der Waals surface area (Å²) in [7, 11) is 3.84. The van der Waals surface area contributed by atoms with E-state index < -0.39 is 23.9 Å². The van der Waals surface area contributed by atoms with Gasteiger partial charge in [-0.1, -0.05) is 56.8 Å². The highest BCUT2D eigenvalue weighted by molar-refractivity contribution is 8.14. The highest BCUT2D eigenvalue weighted by Gasteiger charge is 2.57. The Morgan fingerprint density at radius 1 is 0.867 bits per heavy atom. The van der Waals surface area contributed by atoms with E-state index in [1.54, 1.807) is 4.90 Å². The molecule has 242 valence electrons. The Hall–Kier alpha value is -3.68. The molecule has 0 N–H and O–H groups in total. The monoisotopic (exact) mass is 679 g/mol. The topological polar surface area (TPSA) is 152 Å². The van der Waals surface area contributed by atoms with E-state index in [4.69, 9.17) is 0 Å². The number of carbonyl (C=O) groups is 6. The molecule has 4 saturated heterocycles. The van der Waals surface area contributed by atoms with Crippen molar-refractivity contribution in [3.8, 4) is 0 Å². The van der Waals surface area contributed by atoms with Crippen molar-refractivity contribution < 1.29 is 44.4 Å². The fourth-order valence-electron chi connectivity index (χ4n) is 4.99. The number of hydrogen-bond acceptors (Lipinski definition) is 13. The van der Waals surface area contributed by atoms with Crippen LogP contribution in [-0.2, 0) is 43.0 Å². The van der Waals surface area contributed by atoms with Gasteiger partial charge < -0.3 is 19.1 Å². The summed E-state index contributed by atoms with van der Waals surface area (Å²) in [5, 5.41) is 0.759. The van der Waals surface area contributed by atoms with Crippen molar-refractivity contribution >= 4 is 76.0 Å². The lowest BCUT2D eigenvalue weighted by molar-refractivity contribution is -0.161. The Morgan fingerprint density at radius 3 is 1.91 bits per heavy atom. The van der Waals surface area contributed by atoms with Crippen molar-refractivity contribution in [1.29, 1.82) is 0 Å². The third-order valence-electron chi connectivity index (χ3n) is 7.38. The smallest absolute Gasteiger partial charge is 0.467 e. The molecule has 0 radical (unpaired) electrons. The highest BCUT2D eigenvalue weighted by Crippen LogP contribution is 2.49. The van der Waals surface area contributed by atoms with E-state index in [0.29, 0.717) is 4.91 Å². The van der Waals surface area contributed by atoms with Crippen LogP contribution in [0, 0.1) is 11.8 Å². The van der Waals surface area contributed by atoms with Crippen LogP contribution in [0.15, 0.2) is 52.5 Å². The van der Waals surface area contributed by atoms with Gasteiger partial charge in [-0.2, -0.15) is 0 Å². The molecule has 4 fully saturated rings. The van der Waals surface area contributed by atoms with E-state index in [-0.39, 0.29) is 64.5 Å². The second-order valence-corrected chi connectivity index (χ2v) is 13.4. The number of fused-ring (bicyclic) bond motifs is 2. The first-order valence-electron chi connectivity index (χ1n) is 13.4. The Kier molecular flexibility index (Phi) is 11.6. The van der Waals surface area contributed by atoms with E-state index >= 15 is 0 Å². The van der Waals surface area contributed by atoms with Gasteiger partial charge in [0.2, 0.25) is 11.8 Å². The number of β-lactam (4-membered cyclic amide) rings is 3. The molecule has 7 unspecified atom stereocenters. The first-order chi connectivity index (χ1) is 21.2. The van der Waals surface area contributed by atoms with Crippen molar-refractivity contribution in [1.82, 2.24) is 14.7 Å². The minimum atomic E-state index is -0.605. The van der Waals surface area contributed by atoms with Gasteiger partial charge in [0.05, 0.1) is 49.0 Å². The summed E-state index contributed by atoms with van der Waals surface area (Å²) < 4.78 is 13.8. The van der Waals surface area contributed by atoms with Gasteiger partial charge in [-0.25, -0.2) is 14.4 Å². The van der Waals surface area contributed by atoms with E-state index in [2.05, 4.69) is 50.4 Å². The van der Waals surface area contributed by atoms with Crippen LogP contribution in [0.2, 0.25) is 0 Å². The Morgan fingerprint density at radius 2 is 1.42 bits per heavy atom. The molecule has 0 aromatic carbocycles. The van der Waals surface area contributed by atoms with E-state index in [1.165, 1.54) is 66.4 Å². The number of likely N-dealkylation sites (tertiary alicyclic amines) is 2. The van der Waals surface area contributed by atoms with Crippen molar-refractivity contribution in [3.63, 3.8) is 0 Å². The molecule has 5 aliphatic rings.